The van der Waals surface area contributed by atoms with Crippen molar-refractivity contribution in [2.45, 2.75) is 29.5 Å². The Labute approximate surface area is 123 Å². The van der Waals surface area contributed by atoms with Gasteiger partial charge in [0.1, 0.15) is 5.82 Å². The predicted octanol–water partition coefficient (Wildman–Crippen LogP) is 4.19. The Kier molecular flexibility index (Phi) is 4.08. The number of fused-ring (bicyclic) bond motifs is 1. The quantitative estimate of drug-likeness (QED) is 0.904. The average molecular weight is 287 g/mol. The second-order valence-electron chi connectivity index (χ2n) is 5.06. The van der Waals surface area contributed by atoms with Gasteiger partial charge in [0.05, 0.1) is 0 Å². The summed E-state index contributed by atoms with van der Waals surface area (Å²) in [4.78, 5) is 1.38. The fourth-order valence-electron chi connectivity index (χ4n) is 2.75. The third-order valence-corrected chi connectivity index (χ3v) is 5.09. The molecular formula is C17H18FNS. The van der Waals surface area contributed by atoms with Crippen LogP contribution < -0.4 is 5.32 Å². The Bertz CT molecular complexity index is 557. The summed E-state index contributed by atoms with van der Waals surface area (Å²) in [5.41, 5.74) is 2.59. The van der Waals surface area contributed by atoms with E-state index in [1.807, 2.05) is 23.9 Å². The van der Waals surface area contributed by atoms with Crippen LogP contribution >= 0.6 is 11.8 Å². The van der Waals surface area contributed by atoms with Crippen LogP contribution in [-0.2, 0) is 6.42 Å². The highest BCUT2D eigenvalue weighted by Gasteiger charge is 2.29. The van der Waals surface area contributed by atoms with Crippen LogP contribution in [0.2, 0.25) is 0 Å². The summed E-state index contributed by atoms with van der Waals surface area (Å²) in [7, 11) is 0. The summed E-state index contributed by atoms with van der Waals surface area (Å²) < 4.78 is 13.1. The number of halogens is 1. The van der Waals surface area contributed by atoms with Gasteiger partial charge in [-0.15, -0.1) is 11.8 Å². The van der Waals surface area contributed by atoms with Crippen LogP contribution in [0.5, 0.6) is 0 Å². The molecule has 0 aliphatic carbocycles. The Morgan fingerprint density at radius 1 is 1.20 bits per heavy atom. The molecule has 3 rings (SSSR count). The molecule has 3 heteroatoms. The Morgan fingerprint density at radius 3 is 2.65 bits per heavy atom. The highest BCUT2D eigenvalue weighted by atomic mass is 32.2. The first-order chi connectivity index (χ1) is 9.78. The van der Waals surface area contributed by atoms with Crippen molar-refractivity contribution in [2.75, 3.05) is 6.54 Å². The van der Waals surface area contributed by atoms with E-state index in [4.69, 9.17) is 0 Å². The number of nitrogens with one attached hydrogen (secondary N) is 1. The van der Waals surface area contributed by atoms with Crippen molar-refractivity contribution >= 4 is 11.8 Å². The highest BCUT2D eigenvalue weighted by Crippen LogP contribution is 2.42. The molecule has 2 aromatic carbocycles. The van der Waals surface area contributed by atoms with Crippen molar-refractivity contribution in [3.05, 3.63) is 65.5 Å². The first-order valence-corrected chi connectivity index (χ1v) is 7.89. The average Bonchev–Trinajstić information content (AvgIpc) is 2.89. The lowest BCUT2D eigenvalue weighted by Gasteiger charge is -2.24. The number of benzene rings is 2. The zero-order chi connectivity index (χ0) is 13.9. The zero-order valence-electron chi connectivity index (χ0n) is 11.5. The minimum Gasteiger partial charge on any atom is -0.309 e. The zero-order valence-corrected chi connectivity index (χ0v) is 12.3. The predicted molar refractivity (Wildman–Crippen MR) is 82.6 cm³/mol. The molecule has 1 nitrogen and oxygen atoms in total. The molecule has 2 unspecified atom stereocenters. The normalized spacial score (nSPS) is 18.8. The second-order valence-corrected chi connectivity index (χ2v) is 6.34. The molecule has 2 atom stereocenters. The molecule has 1 heterocycles. The largest absolute Gasteiger partial charge is 0.309 e. The van der Waals surface area contributed by atoms with E-state index in [1.54, 1.807) is 12.1 Å². The van der Waals surface area contributed by atoms with Crippen LogP contribution in [0.15, 0.2) is 53.4 Å². The van der Waals surface area contributed by atoms with Gasteiger partial charge in [-0.2, -0.15) is 0 Å². The fourth-order valence-corrected chi connectivity index (χ4v) is 4.19. The standard InChI is InChI=1S/C17H18FNS/c1-2-19-17(12-7-9-14(18)10-8-12)16-11-13-5-3-4-6-15(13)20-16/h3-10,16-17,19H,2,11H2,1H3. The first-order valence-electron chi connectivity index (χ1n) is 7.01. The van der Waals surface area contributed by atoms with Gasteiger partial charge in [-0.1, -0.05) is 37.3 Å². The fraction of sp³-hybridized carbons (Fsp3) is 0.294. The smallest absolute Gasteiger partial charge is 0.123 e. The lowest BCUT2D eigenvalue weighted by molar-refractivity contribution is 0.530. The van der Waals surface area contributed by atoms with E-state index in [0.717, 1.165) is 13.0 Å². The SMILES string of the molecule is CCNC(c1ccc(F)cc1)C1Cc2ccccc2S1. The Morgan fingerprint density at radius 2 is 1.95 bits per heavy atom. The molecule has 0 bridgehead atoms. The summed E-state index contributed by atoms with van der Waals surface area (Å²) in [5, 5.41) is 4.02. The van der Waals surface area contributed by atoms with Gasteiger partial charge in [-0.05, 0) is 42.3 Å². The van der Waals surface area contributed by atoms with E-state index in [-0.39, 0.29) is 11.9 Å². The van der Waals surface area contributed by atoms with Crippen LogP contribution in [0.3, 0.4) is 0 Å². The van der Waals surface area contributed by atoms with Crippen molar-refractivity contribution in [2.24, 2.45) is 0 Å². The molecule has 0 spiro atoms. The summed E-state index contributed by atoms with van der Waals surface area (Å²) in [5.74, 6) is -0.175. The van der Waals surface area contributed by atoms with E-state index in [1.165, 1.54) is 16.0 Å². The summed E-state index contributed by atoms with van der Waals surface area (Å²) in [6, 6.07) is 15.7. The number of hydrogen-bond acceptors (Lipinski definition) is 2. The highest BCUT2D eigenvalue weighted by molar-refractivity contribution is 8.00. The van der Waals surface area contributed by atoms with Crippen molar-refractivity contribution in [1.29, 1.82) is 0 Å². The van der Waals surface area contributed by atoms with E-state index >= 15 is 0 Å². The van der Waals surface area contributed by atoms with Crippen molar-refractivity contribution < 1.29 is 4.39 Å². The number of hydrogen-bond donors (Lipinski definition) is 1. The minimum atomic E-state index is -0.175. The maximum atomic E-state index is 13.1. The maximum absolute atomic E-state index is 13.1. The molecule has 0 saturated carbocycles. The molecule has 1 aliphatic heterocycles. The third kappa shape index (κ3) is 2.74. The molecule has 1 aliphatic rings. The van der Waals surface area contributed by atoms with Gasteiger partial charge in [0.25, 0.3) is 0 Å². The van der Waals surface area contributed by atoms with Crippen LogP contribution in [0.4, 0.5) is 4.39 Å². The third-order valence-electron chi connectivity index (χ3n) is 3.70. The summed E-state index contributed by atoms with van der Waals surface area (Å²) in [6.45, 7) is 3.03. The molecule has 1 N–H and O–H groups in total. The number of rotatable bonds is 4. The molecular weight excluding hydrogens is 269 g/mol. The summed E-state index contributed by atoms with van der Waals surface area (Å²) >= 11 is 1.93. The first kappa shape index (κ1) is 13.7. The Balaban J connectivity index is 1.84. The van der Waals surface area contributed by atoms with Gasteiger partial charge in [0, 0.05) is 16.2 Å². The molecule has 0 aromatic heterocycles. The van der Waals surface area contributed by atoms with Crippen LogP contribution in [-0.4, -0.2) is 11.8 Å². The van der Waals surface area contributed by atoms with Gasteiger partial charge in [-0.3, -0.25) is 0 Å². The van der Waals surface area contributed by atoms with Crippen LogP contribution in [0.1, 0.15) is 24.1 Å². The van der Waals surface area contributed by atoms with E-state index in [0.29, 0.717) is 5.25 Å². The van der Waals surface area contributed by atoms with Crippen LogP contribution in [0.25, 0.3) is 0 Å². The number of thioether (sulfide) groups is 1. The molecule has 104 valence electrons. The minimum absolute atomic E-state index is 0.175. The molecule has 0 radical (unpaired) electrons. The molecule has 0 saturated heterocycles. The van der Waals surface area contributed by atoms with Gasteiger partial charge in [0.15, 0.2) is 0 Å². The lowest BCUT2D eigenvalue weighted by atomic mass is 9.98. The molecule has 0 fully saturated rings. The van der Waals surface area contributed by atoms with E-state index in [2.05, 4.69) is 36.5 Å². The van der Waals surface area contributed by atoms with E-state index < -0.39 is 0 Å². The van der Waals surface area contributed by atoms with E-state index in [9.17, 15) is 4.39 Å². The van der Waals surface area contributed by atoms with Crippen molar-refractivity contribution in [3.8, 4) is 0 Å². The topological polar surface area (TPSA) is 12.0 Å². The lowest BCUT2D eigenvalue weighted by Crippen LogP contribution is -2.30. The molecule has 0 amide bonds. The Hall–Kier alpha value is -1.32. The van der Waals surface area contributed by atoms with Gasteiger partial charge in [0.2, 0.25) is 0 Å². The maximum Gasteiger partial charge on any atom is 0.123 e. The van der Waals surface area contributed by atoms with Gasteiger partial charge in [-0.25, -0.2) is 4.39 Å². The second kappa shape index (κ2) is 5.98. The monoisotopic (exact) mass is 287 g/mol. The molecule has 20 heavy (non-hydrogen) atoms. The van der Waals surface area contributed by atoms with Gasteiger partial charge < -0.3 is 5.32 Å². The van der Waals surface area contributed by atoms with Crippen molar-refractivity contribution in [3.63, 3.8) is 0 Å². The van der Waals surface area contributed by atoms with Crippen LogP contribution in [0, 0.1) is 5.82 Å². The van der Waals surface area contributed by atoms with Gasteiger partial charge >= 0.3 is 0 Å². The molecule has 2 aromatic rings. The summed E-state index contributed by atoms with van der Waals surface area (Å²) in [6.07, 6.45) is 1.07. The van der Waals surface area contributed by atoms with Crippen molar-refractivity contribution in [1.82, 2.24) is 5.32 Å².